The molecule has 2 rings (SSSR count). The van der Waals surface area contributed by atoms with E-state index in [9.17, 15) is 0 Å². The van der Waals surface area contributed by atoms with E-state index < -0.39 is 0 Å². The Balaban J connectivity index is 0.00000722. The number of benzene rings is 2. The Morgan fingerprint density at radius 3 is 1.97 bits per heavy atom. The molecule has 0 heterocycles. The molecule has 0 aliphatic carbocycles. The zero-order valence-corrected chi connectivity index (χ0v) is 25.6. The van der Waals surface area contributed by atoms with Gasteiger partial charge in [0.25, 0.3) is 0 Å². The van der Waals surface area contributed by atoms with Crippen LogP contribution in [0.3, 0.4) is 0 Å². The quantitative estimate of drug-likeness (QED) is 0.0929. The Bertz CT molecular complexity index is 959. The average Bonchev–Trinajstić information content (AvgIpc) is 2.91. The smallest absolute Gasteiger partial charge is 0.0848 e. The molecule has 0 atom stereocenters. The summed E-state index contributed by atoms with van der Waals surface area (Å²) in [5, 5.41) is 0. The first-order chi connectivity index (χ1) is 18.2. The number of aryl methyl sites for hydroxylation is 2. The minimum Gasteiger partial charge on any atom is -0.251 e. The van der Waals surface area contributed by atoms with Crippen molar-refractivity contribution in [3.63, 3.8) is 0 Å². The third kappa shape index (κ3) is 13.7. The van der Waals surface area contributed by atoms with E-state index in [1.54, 1.807) is 0 Å². The summed E-state index contributed by atoms with van der Waals surface area (Å²) >= 11 is 0. The van der Waals surface area contributed by atoms with E-state index in [4.69, 9.17) is 9.98 Å². The van der Waals surface area contributed by atoms with Crippen LogP contribution in [0, 0.1) is 0 Å². The zero-order valence-electron chi connectivity index (χ0n) is 24.6. The van der Waals surface area contributed by atoms with Crippen LogP contribution in [0.5, 0.6) is 0 Å². The maximum Gasteiger partial charge on any atom is 0.0848 e. The summed E-state index contributed by atoms with van der Waals surface area (Å²) in [6.45, 7) is 9.05. The van der Waals surface area contributed by atoms with Crippen LogP contribution in [0.1, 0.15) is 122 Å². The monoisotopic (exact) mass is 558 g/mol. The molecule has 2 aromatic rings. The largest absolute Gasteiger partial charge is 0.251 e. The van der Waals surface area contributed by atoms with Crippen molar-refractivity contribution in [2.45, 2.75) is 124 Å². The van der Waals surface area contributed by atoms with Gasteiger partial charge in [-0.15, -0.1) is 0 Å². The van der Waals surface area contributed by atoms with Crippen molar-refractivity contribution in [3.05, 3.63) is 71.8 Å². The Labute approximate surface area is 244 Å². The molecule has 0 saturated heterocycles. The second-order valence-corrected chi connectivity index (χ2v) is 10.3. The summed E-state index contributed by atoms with van der Waals surface area (Å²) in [4.78, 5) is 10.3. The minimum absolute atomic E-state index is 0. The number of hydrogen-bond acceptors (Lipinski definition) is 2. The van der Waals surface area contributed by atoms with Crippen molar-refractivity contribution >= 4 is 22.8 Å². The van der Waals surface area contributed by atoms with E-state index in [1.165, 1.54) is 62.5 Å². The predicted octanol–water partition coefficient (Wildman–Crippen LogP) is 11.3. The van der Waals surface area contributed by atoms with E-state index in [0.717, 1.165) is 67.7 Å². The van der Waals surface area contributed by atoms with Gasteiger partial charge in [-0.25, -0.2) is 4.99 Å². The number of unbranched alkanes of at least 4 members (excludes halogenated alkanes) is 8. The third-order valence-corrected chi connectivity index (χ3v) is 6.81. The topological polar surface area (TPSA) is 24.7 Å². The van der Waals surface area contributed by atoms with Crippen LogP contribution in [-0.2, 0) is 29.3 Å². The molecule has 0 saturated carbocycles. The van der Waals surface area contributed by atoms with Gasteiger partial charge >= 0.3 is 0 Å². The Kier molecular flexibility index (Phi) is 19.6. The first-order valence-electron chi connectivity index (χ1n) is 15.2. The van der Waals surface area contributed by atoms with Gasteiger partial charge in [0.2, 0.25) is 0 Å². The van der Waals surface area contributed by atoms with Crippen LogP contribution in [-0.4, -0.2) is 11.4 Å². The molecule has 0 aliphatic heterocycles. The van der Waals surface area contributed by atoms with Crippen LogP contribution in [0.2, 0.25) is 0 Å². The summed E-state index contributed by atoms with van der Waals surface area (Å²) in [5.74, 6) is 0. The number of hydrogen-bond donors (Lipinski definition) is 0. The summed E-state index contributed by atoms with van der Waals surface area (Å²) in [6, 6.07) is 17.2. The molecule has 3 heteroatoms. The van der Waals surface area contributed by atoms with Gasteiger partial charge in [0.1, 0.15) is 0 Å². The maximum atomic E-state index is 5.23. The van der Waals surface area contributed by atoms with E-state index in [-0.39, 0.29) is 16.5 Å². The fourth-order valence-electron chi connectivity index (χ4n) is 4.69. The minimum atomic E-state index is 0. The fourth-order valence-corrected chi connectivity index (χ4v) is 4.69. The normalized spacial score (nSPS) is 12.2. The molecule has 0 N–H and O–H groups in total. The summed E-state index contributed by atoms with van der Waals surface area (Å²) < 4.78 is 0. The van der Waals surface area contributed by atoms with Crippen LogP contribution in [0.25, 0.3) is 0 Å². The molecular formula is C35H52N2Ni. The van der Waals surface area contributed by atoms with Crippen molar-refractivity contribution in [1.29, 1.82) is 0 Å². The number of para-hydroxylation sites is 1. The van der Waals surface area contributed by atoms with Gasteiger partial charge in [-0.05, 0) is 80.0 Å². The molecule has 0 unspecified atom stereocenters. The van der Waals surface area contributed by atoms with Crippen molar-refractivity contribution in [2.75, 3.05) is 0 Å². The van der Waals surface area contributed by atoms with E-state index in [1.807, 2.05) is 6.07 Å². The second kappa shape index (κ2) is 21.9. The number of allylic oxidation sites excluding steroid dienone is 2. The molecular weight excluding hydrogens is 507 g/mol. The van der Waals surface area contributed by atoms with E-state index in [0.29, 0.717) is 0 Å². The summed E-state index contributed by atoms with van der Waals surface area (Å²) in [6.07, 6.45) is 22.9. The van der Waals surface area contributed by atoms with Gasteiger partial charge in [-0.1, -0.05) is 116 Å². The molecule has 2 nitrogen and oxygen atoms in total. The first-order valence-corrected chi connectivity index (χ1v) is 15.2. The first kappa shape index (κ1) is 34.0. The van der Waals surface area contributed by atoms with Gasteiger partial charge < -0.3 is 0 Å². The molecule has 0 bridgehead atoms. The molecule has 0 spiro atoms. The van der Waals surface area contributed by atoms with Crippen LogP contribution in [0.15, 0.2) is 70.7 Å². The SMILES string of the molecule is CCCCCCCCCC=CC(=Nc1ccccc1)C(CCCC)=Nc1ccc(CCC)c(CCC)c1.[Ni]. The second-order valence-electron chi connectivity index (χ2n) is 10.3. The van der Waals surface area contributed by atoms with Gasteiger partial charge in [0.05, 0.1) is 22.8 Å². The van der Waals surface area contributed by atoms with Crippen LogP contribution < -0.4 is 0 Å². The standard InChI is InChI=1S/C35H52N2.Ni/c1-5-9-11-12-13-14-15-16-20-26-35(36-32-23-18-17-19-24-32)34(25-10-6-2)37-33-28-27-30(21-7-3)31(29-33)22-8-4;/h17-20,23-24,26-29H,5-16,21-22,25H2,1-4H3;. The number of aliphatic imine (C=N–C) groups is 2. The van der Waals surface area contributed by atoms with Gasteiger partial charge in [-0.2, -0.15) is 0 Å². The number of rotatable bonds is 19. The Morgan fingerprint density at radius 2 is 1.29 bits per heavy atom. The maximum absolute atomic E-state index is 5.23. The van der Waals surface area contributed by atoms with Gasteiger partial charge in [0, 0.05) is 16.5 Å². The Morgan fingerprint density at radius 1 is 0.632 bits per heavy atom. The molecule has 0 aliphatic rings. The summed E-state index contributed by atoms with van der Waals surface area (Å²) in [7, 11) is 0. The van der Waals surface area contributed by atoms with Crippen LogP contribution >= 0.6 is 0 Å². The van der Waals surface area contributed by atoms with Crippen LogP contribution in [0.4, 0.5) is 11.4 Å². The molecule has 38 heavy (non-hydrogen) atoms. The molecule has 0 amide bonds. The Hall–Kier alpha value is -1.99. The molecule has 0 aromatic heterocycles. The van der Waals surface area contributed by atoms with Crippen molar-refractivity contribution in [1.82, 2.24) is 0 Å². The van der Waals surface area contributed by atoms with Crippen molar-refractivity contribution in [2.24, 2.45) is 9.98 Å². The van der Waals surface area contributed by atoms with Crippen molar-refractivity contribution < 1.29 is 16.5 Å². The zero-order chi connectivity index (χ0) is 26.6. The third-order valence-electron chi connectivity index (χ3n) is 6.81. The molecule has 212 valence electrons. The fraction of sp³-hybridized carbons (Fsp3) is 0.543. The van der Waals surface area contributed by atoms with E-state index >= 15 is 0 Å². The average molecular weight is 560 g/mol. The summed E-state index contributed by atoms with van der Waals surface area (Å²) in [5.41, 5.74) is 7.11. The van der Waals surface area contributed by atoms with Gasteiger partial charge in [0.15, 0.2) is 0 Å². The molecule has 2 aromatic carbocycles. The van der Waals surface area contributed by atoms with Gasteiger partial charge in [-0.3, -0.25) is 4.99 Å². The van der Waals surface area contributed by atoms with Crippen molar-refractivity contribution in [3.8, 4) is 0 Å². The molecule has 0 fully saturated rings. The predicted molar refractivity (Wildman–Crippen MR) is 166 cm³/mol. The molecule has 0 radical (unpaired) electrons. The van der Waals surface area contributed by atoms with E-state index in [2.05, 4.69) is 82.3 Å². The number of nitrogens with zero attached hydrogens (tertiary/aromatic N) is 2.